The lowest BCUT2D eigenvalue weighted by molar-refractivity contribution is 0.0997. The number of anilines is 1. The van der Waals surface area contributed by atoms with Crippen molar-refractivity contribution in [3.8, 4) is 0 Å². The molecule has 0 saturated carbocycles. The van der Waals surface area contributed by atoms with Gasteiger partial charge in [-0.25, -0.2) is 9.97 Å². The molecule has 0 bridgehead atoms. The summed E-state index contributed by atoms with van der Waals surface area (Å²) in [5, 5.41) is 2.94. The molecule has 1 heterocycles. The van der Waals surface area contributed by atoms with E-state index < -0.39 is 5.91 Å². The summed E-state index contributed by atoms with van der Waals surface area (Å²) in [4.78, 5) is 20.4. The van der Waals surface area contributed by atoms with Gasteiger partial charge in [0.15, 0.2) is 0 Å². The zero-order valence-electron chi connectivity index (χ0n) is 13.8. The van der Waals surface area contributed by atoms with Crippen molar-refractivity contribution >= 4 is 11.9 Å². The van der Waals surface area contributed by atoms with Crippen LogP contribution in [0, 0.1) is 11.8 Å². The van der Waals surface area contributed by atoms with Crippen molar-refractivity contribution in [2.45, 2.75) is 52.9 Å². The molecule has 3 N–H and O–H groups in total. The third-order valence-corrected chi connectivity index (χ3v) is 4.46. The number of aromatic nitrogens is 2. The lowest BCUT2D eigenvalue weighted by Crippen LogP contribution is -2.25. The second-order valence-electron chi connectivity index (χ2n) is 5.58. The zero-order valence-corrected chi connectivity index (χ0v) is 13.8. The number of nitrogens with one attached hydrogen (secondary N) is 1. The molecule has 0 spiro atoms. The van der Waals surface area contributed by atoms with Gasteiger partial charge in [-0.1, -0.05) is 40.5 Å². The third-order valence-electron chi connectivity index (χ3n) is 4.46. The van der Waals surface area contributed by atoms with E-state index >= 15 is 0 Å². The molecule has 3 unspecified atom stereocenters. The lowest BCUT2D eigenvalue weighted by atomic mass is 9.75. The predicted octanol–water partition coefficient (Wildman–Crippen LogP) is 3.18. The van der Waals surface area contributed by atoms with E-state index in [1.807, 2.05) is 0 Å². The van der Waals surface area contributed by atoms with Crippen LogP contribution in [0.1, 0.15) is 68.9 Å². The van der Waals surface area contributed by atoms with Crippen molar-refractivity contribution in [2.75, 3.05) is 12.4 Å². The molecule has 1 aromatic rings. The number of amides is 1. The summed E-state index contributed by atoms with van der Waals surface area (Å²) in [6.45, 7) is 8.81. The highest BCUT2D eigenvalue weighted by molar-refractivity contribution is 5.93. The van der Waals surface area contributed by atoms with Gasteiger partial charge in [-0.15, -0.1) is 0 Å². The van der Waals surface area contributed by atoms with E-state index in [2.05, 4.69) is 43.0 Å². The average molecular weight is 292 g/mol. The van der Waals surface area contributed by atoms with E-state index in [0.29, 0.717) is 23.3 Å². The molecular formula is C16H28N4O. The normalized spacial score (nSPS) is 15.3. The Kier molecular flexibility index (Phi) is 6.59. The van der Waals surface area contributed by atoms with Crippen LogP contribution in [-0.2, 0) is 0 Å². The molecule has 1 aromatic heterocycles. The second kappa shape index (κ2) is 7.96. The number of rotatable bonds is 8. The highest BCUT2D eigenvalue weighted by Crippen LogP contribution is 2.37. The smallest absolute Gasteiger partial charge is 0.252 e. The first-order chi connectivity index (χ1) is 9.99. The molecule has 0 aliphatic rings. The van der Waals surface area contributed by atoms with Gasteiger partial charge in [0, 0.05) is 19.2 Å². The van der Waals surface area contributed by atoms with Crippen LogP contribution in [0.25, 0.3) is 0 Å². The molecule has 0 aromatic carbocycles. The number of nitrogens with two attached hydrogens (primary N) is 1. The molecule has 0 fully saturated rings. The first-order valence-electron chi connectivity index (χ1n) is 7.84. The molecule has 0 aliphatic heterocycles. The fraction of sp³-hybridized carbons (Fsp3) is 0.688. The third kappa shape index (κ3) is 3.93. The maximum atomic E-state index is 11.7. The summed E-state index contributed by atoms with van der Waals surface area (Å²) >= 11 is 0. The summed E-state index contributed by atoms with van der Waals surface area (Å²) < 4.78 is 0. The molecule has 3 atom stereocenters. The van der Waals surface area contributed by atoms with E-state index in [0.717, 1.165) is 25.0 Å². The van der Waals surface area contributed by atoms with Gasteiger partial charge >= 0.3 is 0 Å². The van der Waals surface area contributed by atoms with Crippen molar-refractivity contribution in [1.29, 1.82) is 0 Å². The van der Waals surface area contributed by atoms with Crippen LogP contribution in [0.15, 0.2) is 6.20 Å². The Hall–Kier alpha value is -1.65. The van der Waals surface area contributed by atoms with Gasteiger partial charge in [0.2, 0.25) is 5.95 Å². The van der Waals surface area contributed by atoms with Crippen LogP contribution in [0.3, 0.4) is 0 Å². The summed E-state index contributed by atoms with van der Waals surface area (Å²) in [5.41, 5.74) is 6.74. The van der Waals surface area contributed by atoms with Gasteiger partial charge in [0.05, 0.1) is 11.3 Å². The van der Waals surface area contributed by atoms with Gasteiger partial charge in [0.25, 0.3) is 5.91 Å². The first-order valence-corrected chi connectivity index (χ1v) is 7.84. The van der Waals surface area contributed by atoms with Crippen LogP contribution >= 0.6 is 0 Å². The fourth-order valence-electron chi connectivity index (χ4n) is 3.07. The summed E-state index contributed by atoms with van der Waals surface area (Å²) in [5.74, 6) is 1.37. The summed E-state index contributed by atoms with van der Waals surface area (Å²) in [6.07, 6.45) is 4.65. The zero-order chi connectivity index (χ0) is 16.0. The molecule has 1 rings (SSSR count). The van der Waals surface area contributed by atoms with Gasteiger partial charge < -0.3 is 11.1 Å². The monoisotopic (exact) mass is 292 g/mol. The number of carbonyl (C=O) groups is 1. The van der Waals surface area contributed by atoms with Crippen LogP contribution in [-0.4, -0.2) is 22.9 Å². The number of nitrogens with zero attached hydrogens (tertiary/aromatic N) is 2. The van der Waals surface area contributed by atoms with Gasteiger partial charge in [0.1, 0.15) is 0 Å². The Bertz CT molecular complexity index is 475. The molecule has 5 heteroatoms. The summed E-state index contributed by atoms with van der Waals surface area (Å²) in [7, 11) is 1.77. The topological polar surface area (TPSA) is 80.9 Å². The molecule has 118 valence electrons. The Balaban J connectivity index is 3.33. The van der Waals surface area contributed by atoms with Gasteiger partial charge in [-0.05, 0) is 18.3 Å². The molecule has 5 nitrogen and oxygen atoms in total. The quantitative estimate of drug-likeness (QED) is 0.771. The van der Waals surface area contributed by atoms with Gasteiger partial charge in [-0.2, -0.15) is 0 Å². The predicted molar refractivity (Wildman–Crippen MR) is 86.4 cm³/mol. The minimum Gasteiger partial charge on any atom is -0.365 e. The molecule has 0 radical (unpaired) electrons. The molecular weight excluding hydrogens is 264 g/mol. The van der Waals surface area contributed by atoms with E-state index in [1.54, 1.807) is 13.2 Å². The SMILES string of the molecule is CCC(C)C(CC)C(CC)c1nc(NC)ncc1C(N)=O. The Labute approximate surface area is 127 Å². The first kappa shape index (κ1) is 17.4. The Morgan fingerprint density at radius 3 is 2.38 bits per heavy atom. The standard InChI is InChI=1S/C16H28N4O/c1-6-10(4)11(7-2)12(8-3)14-13(15(17)21)9-19-16(18-5)20-14/h9-12H,6-8H2,1-5H3,(H2,17,21)(H,18,19,20). The van der Waals surface area contributed by atoms with Gasteiger partial charge in [-0.3, -0.25) is 4.79 Å². The number of carbonyl (C=O) groups excluding carboxylic acids is 1. The van der Waals surface area contributed by atoms with Crippen molar-refractivity contribution in [3.05, 3.63) is 17.5 Å². The Morgan fingerprint density at radius 1 is 1.29 bits per heavy atom. The highest BCUT2D eigenvalue weighted by Gasteiger charge is 2.29. The van der Waals surface area contributed by atoms with Crippen LogP contribution in [0.4, 0.5) is 5.95 Å². The van der Waals surface area contributed by atoms with E-state index in [1.165, 1.54) is 0 Å². The van der Waals surface area contributed by atoms with Crippen LogP contribution in [0.2, 0.25) is 0 Å². The van der Waals surface area contributed by atoms with Crippen LogP contribution < -0.4 is 11.1 Å². The van der Waals surface area contributed by atoms with Crippen molar-refractivity contribution < 1.29 is 4.79 Å². The van der Waals surface area contributed by atoms with Crippen molar-refractivity contribution in [2.24, 2.45) is 17.6 Å². The summed E-state index contributed by atoms with van der Waals surface area (Å²) in [6, 6.07) is 0. The number of hydrogen-bond donors (Lipinski definition) is 2. The van der Waals surface area contributed by atoms with E-state index in [4.69, 9.17) is 5.73 Å². The molecule has 0 saturated heterocycles. The van der Waals surface area contributed by atoms with E-state index in [-0.39, 0.29) is 5.92 Å². The van der Waals surface area contributed by atoms with Crippen molar-refractivity contribution in [3.63, 3.8) is 0 Å². The maximum Gasteiger partial charge on any atom is 0.252 e. The molecule has 1 amide bonds. The fourth-order valence-corrected chi connectivity index (χ4v) is 3.07. The Morgan fingerprint density at radius 2 is 1.95 bits per heavy atom. The maximum absolute atomic E-state index is 11.7. The van der Waals surface area contributed by atoms with Crippen molar-refractivity contribution in [1.82, 2.24) is 9.97 Å². The largest absolute Gasteiger partial charge is 0.365 e. The van der Waals surface area contributed by atoms with E-state index in [9.17, 15) is 4.79 Å². The second-order valence-corrected chi connectivity index (χ2v) is 5.58. The van der Waals surface area contributed by atoms with Crippen LogP contribution in [0.5, 0.6) is 0 Å². The average Bonchev–Trinajstić information content (AvgIpc) is 2.50. The lowest BCUT2D eigenvalue weighted by Gasteiger charge is -2.30. The minimum atomic E-state index is -0.454. The number of hydrogen-bond acceptors (Lipinski definition) is 4. The molecule has 0 aliphatic carbocycles. The minimum absolute atomic E-state index is 0.225. The molecule has 21 heavy (non-hydrogen) atoms. The highest BCUT2D eigenvalue weighted by atomic mass is 16.1. The number of primary amides is 1.